The van der Waals surface area contributed by atoms with Crippen LogP contribution in [0.1, 0.15) is 44.9 Å². The molecule has 1 atom stereocenters. The summed E-state index contributed by atoms with van der Waals surface area (Å²) >= 11 is 0. The van der Waals surface area contributed by atoms with E-state index in [-0.39, 0.29) is 22.3 Å². The number of hydrogen-bond acceptors (Lipinski definition) is 1. The molecule has 1 unspecified atom stereocenters. The quantitative estimate of drug-likeness (QED) is 0.845. The van der Waals surface area contributed by atoms with Crippen LogP contribution in [0.4, 0.5) is 13.2 Å². The summed E-state index contributed by atoms with van der Waals surface area (Å²) in [4.78, 5) is 0. The minimum atomic E-state index is -4.43. The van der Waals surface area contributed by atoms with Gasteiger partial charge in [-0.1, -0.05) is 45.9 Å². The summed E-state index contributed by atoms with van der Waals surface area (Å²) in [6.45, 7) is 7.93. The molecule has 1 aromatic carbocycles. The SMILES string of the molecule is CC1(C)C(C(O)c2ccccc2C(F)(F)F)C1(C)C. The third kappa shape index (κ3) is 2.06. The first kappa shape index (κ1) is 14.4. The third-order valence-electron chi connectivity index (χ3n) is 5.03. The zero-order chi connectivity index (χ0) is 14.6. The first-order chi connectivity index (χ1) is 8.51. The topological polar surface area (TPSA) is 20.2 Å². The zero-order valence-electron chi connectivity index (χ0n) is 11.5. The van der Waals surface area contributed by atoms with Gasteiger partial charge < -0.3 is 5.11 Å². The number of alkyl halides is 3. The standard InChI is InChI=1S/C15H19F3O/c1-13(2)12(14(13,3)4)11(19)9-7-5-6-8-10(9)15(16,17)18/h5-8,11-12,19H,1-4H3. The van der Waals surface area contributed by atoms with Crippen molar-refractivity contribution in [1.29, 1.82) is 0 Å². The van der Waals surface area contributed by atoms with Gasteiger partial charge in [-0.3, -0.25) is 0 Å². The van der Waals surface area contributed by atoms with Crippen molar-refractivity contribution >= 4 is 0 Å². The molecule has 19 heavy (non-hydrogen) atoms. The normalized spacial score (nSPS) is 23.2. The Bertz CT molecular complexity index is 474. The highest BCUT2D eigenvalue weighted by Crippen LogP contribution is 2.72. The van der Waals surface area contributed by atoms with Crippen molar-refractivity contribution in [2.45, 2.75) is 40.0 Å². The van der Waals surface area contributed by atoms with Crippen LogP contribution >= 0.6 is 0 Å². The number of hydrogen-bond donors (Lipinski definition) is 1. The van der Waals surface area contributed by atoms with Gasteiger partial charge in [-0.05, 0) is 22.5 Å². The predicted molar refractivity (Wildman–Crippen MR) is 67.5 cm³/mol. The van der Waals surface area contributed by atoms with E-state index in [2.05, 4.69) is 0 Å². The van der Waals surface area contributed by atoms with Crippen LogP contribution in [0.25, 0.3) is 0 Å². The molecule has 0 bridgehead atoms. The van der Waals surface area contributed by atoms with Crippen molar-refractivity contribution in [3.63, 3.8) is 0 Å². The maximum Gasteiger partial charge on any atom is 0.416 e. The first-order valence-electron chi connectivity index (χ1n) is 6.35. The second kappa shape index (κ2) is 3.98. The Labute approximate surface area is 111 Å². The second-order valence-corrected chi connectivity index (χ2v) is 6.45. The highest BCUT2D eigenvalue weighted by molar-refractivity contribution is 5.34. The van der Waals surface area contributed by atoms with Crippen molar-refractivity contribution in [3.8, 4) is 0 Å². The molecular formula is C15H19F3O. The Kier molecular flexibility index (Phi) is 3.01. The van der Waals surface area contributed by atoms with Gasteiger partial charge in [0, 0.05) is 5.92 Å². The number of benzene rings is 1. The number of halogens is 3. The molecule has 0 radical (unpaired) electrons. The summed E-state index contributed by atoms with van der Waals surface area (Å²) in [5, 5.41) is 10.4. The molecule has 1 aliphatic rings. The molecule has 1 nitrogen and oxygen atoms in total. The summed E-state index contributed by atoms with van der Waals surface area (Å²) in [6.07, 6.45) is -5.51. The van der Waals surface area contributed by atoms with Crippen molar-refractivity contribution in [2.24, 2.45) is 16.7 Å². The van der Waals surface area contributed by atoms with Crippen LogP contribution < -0.4 is 0 Å². The molecule has 1 fully saturated rings. The van der Waals surface area contributed by atoms with E-state index in [1.807, 2.05) is 27.7 Å². The van der Waals surface area contributed by atoms with Crippen LogP contribution in [0.15, 0.2) is 24.3 Å². The average molecular weight is 272 g/mol. The van der Waals surface area contributed by atoms with Crippen LogP contribution in [0.5, 0.6) is 0 Å². The maximum absolute atomic E-state index is 13.0. The Morgan fingerprint density at radius 1 is 1.05 bits per heavy atom. The van der Waals surface area contributed by atoms with E-state index in [0.29, 0.717) is 0 Å². The molecule has 0 amide bonds. The van der Waals surface area contributed by atoms with E-state index < -0.39 is 17.8 Å². The number of aliphatic hydroxyl groups is 1. The highest BCUT2D eigenvalue weighted by atomic mass is 19.4. The molecule has 1 N–H and O–H groups in total. The van der Waals surface area contributed by atoms with Gasteiger partial charge in [-0.2, -0.15) is 13.2 Å². The fourth-order valence-electron chi connectivity index (χ4n) is 3.23. The molecule has 106 valence electrons. The first-order valence-corrected chi connectivity index (χ1v) is 6.35. The molecule has 1 saturated carbocycles. The van der Waals surface area contributed by atoms with Crippen LogP contribution in [-0.2, 0) is 6.18 Å². The molecule has 0 aromatic heterocycles. The smallest absolute Gasteiger partial charge is 0.388 e. The molecule has 0 heterocycles. The van der Waals surface area contributed by atoms with Crippen LogP contribution in [0, 0.1) is 16.7 Å². The van der Waals surface area contributed by atoms with Gasteiger partial charge in [-0.25, -0.2) is 0 Å². The van der Waals surface area contributed by atoms with Gasteiger partial charge in [0.05, 0.1) is 11.7 Å². The van der Waals surface area contributed by atoms with Gasteiger partial charge in [0.25, 0.3) is 0 Å². The molecule has 0 saturated heterocycles. The lowest BCUT2D eigenvalue weighted by molar-refractivity contribution is -0.139. The summed E-state index contributed by atoms with van der Waals surface area (Å²) in [5.74, 6) is -0.163. The lowest BCUT2D eigenvalue weighted by Crippen LogP contribution is -2.14. The largest absolute Gasteiger partial charge is 0.416 e. The van der Waals surface area contributed by atoms with Crippen LogP contribution in [0.3, 0.4) is 0 Å². The van der Waals surface area contributed by atoms with Gasteiger partial charge >= 0.3 is 6.18 Å². The fourth-order valence-corrected chi connectivity index (χ4v) is 3.23. The van der Waals surface area contributed by atoms with Gasteiger partial charge in [0.1, 0.15) is 0 Å². The third-order valence-corrected chi connectivity index (χ3v) is 5.03. The lowest BCUT2D eigenvalue weighted by Gasteiger charge is -2.19. The van der Waals surface area contributed by atoms with Crippen LogP contribution in [0.2, 0.25) is 0 Å². The van der Waals surface area contributed by atoms with Crippen molar-refractivity contribution in [1.82, 2.24) is 0 Å². The van der Waals surface area contributed by atoms with Crippen molar-refractivity contribution in [2.75, 3.05) is 0 Å². The summed E-state index contributed by atoms with van der Waals surface area (Å²) in [6, 6.07) is 5.29. The van der Waals surface area contributed by atoms with E-state index in [1.54, 1.807) is 0 Å². The van der Waals surface area contributed by atoms with E-state index in [0.717, 1.165) is 6.07 Å². The minimum Gasteiger partial charge on any atom is -0.388 e. The summed E-state index contributed by atoms with van der Waals surface area (Å²) in [7, 11) is 0. The minimum absolute atomic E-state index is 0.0151. The Morgan fingerprint density at radius 2 is 1.53 bits per heavy atom. The molecule has 0 aliphatic heterocycles. The molecule has 1 aromatic rings. The Morgan fingerprint density at radius 3 is 1.95 bits per heavy atom. The van der Waals surface area contributed by atoms with Crippen molar-refractivity contribution in [3.05, 3.63) is 35.4 Å². The van der Waals surface area contributed by atoms with Crippen molar-refractivity contribution < 1.29 is 18.3 Å². The number of aliphatic hydroxyl groups excluding tert-OH is 1. The van der Waals surface area contributed by atoms with E-state index in [4.69, 9.17) is 0 Å². The zero-order valence-corrected chi connectivity index (χ0v) is 11.5. The maximum atomic E-state index is 13.0. The highest BCUT2D eigenvalue weighted by Gasteiger charge is 2.67. The average Bonchev–Trinajstić information content (AvgIpc) is 2.67. The monoisotopic (exact) mass is 272 g/mol. The molecule has 0 spiro atoms. The van der Waals surface area contributed by atoms with E-state index in [1.165, 1.54) is 18.2 Å². The Balaban J connectivity index is 2.40. The molecule has 1 aliphatic carbocycles. The fraction of sp³-hybridized carbons (Fsp3) is 0.600. The van der Waals surface area contributed by atoms with E-state index >= 15 is 0 Å². The summed E-state index contributed by atoms with van der Waals surface area (Å²) in [5.41, 5.74) is -1.07. The molecule has 2 rings (SSSR count). The van der Waals surface area contributed by atoms with Gasteiger partial charge in [0.15, 0.2) is 0 Å². The van der Waals surface area contributed by atoms with Gasteiger partial charge in [0.2, 0.25) is 0 Å². The van der Waals surface area contributed by atoms with E-state index in [9.17, 15) is 18.3 Å². The van der Waals surface area contributed by atoms with Crippen LogP contribution in [-0.4, -0.2) is 5.11 Å². The second-order valence-electron chi connectivity index (χ2n) is 6.45. The predicted octanol–water partition coefficient (Wildman–Crippen LogP) is 4.42. The Hall–Kier alpha value is -1.03. The lowest BCUT2D eigenvalue weighted by atomic mass is 9.95. The number of rotatable bonds is 2. The molecular weight excluding hydrogens is 253 g/mol. The molecule has 4 heteroatoms. The summed E-state index contributed by atoms with van der Waals surface area (Å²) < 4.78 is 38.9. The van der Waals surface area contributed by atoms with Gasteiger partial charge in [-0.15, -0.1) is 0 Å².